The maximum atomic E-state index is 13.0. The number of carbonyl (C=O) groups is 1. The van der Waals surface area contributed by atoms with E-state index in [1.165, 1.54) is 24.3 Å². The Labute approximate surface area is 113 Å². The largest absolute Gasteiger partial charge is 0.478 e. The van der Waals surface area contributed by atoms with Gasteiger partial charge in [0.05, 0.1) is 17.3 Å². The monoisotopic (exact) mass is 283 g/mol. The lowest BCUT2D eigenvalue weighted by molar-refractivity contribution is 0.0695. The summed E-state index contributed by atoms with van der Waals surface area (Å²) in [4.78, 5) is 10.9. The van der Waals surface area contributed by atoms with E-state index in [0.717, 1.165) is 0 Å². The minimum absolute atomic E-state index is 0.113. The number of hydrogen-bond acceptors (Lipinski definition) is 3. The van der Waals surface area contributed by atoms with Crippen LogP contribution in [0, 0.1) is 12.7 Å². The molecule has 19 heavy (non-hydrogen) atoms. The molecule has 2 rings (SSSR count). The average molecular weight is 284 g/mol. The van der Waals surface area contributed by atoms with Gasteiger partial charge in [0.25, 0.3) is 0 Å². The maximum Gasteiger partial charge on any atom is 0.339 e. The van der Waals surface area contributed by atoms with Crippen LogP contribution >= 0.6 is 11.6 Å². The Hall–Kier alpha value is -2.01. The summed E-state index contributed by atoms with van der Waals surface area (Å²) in [6.07, 6.45) is 0. The number of rotatable bonds is 4. The molecule has 0 aliphatic rings. The molecule has 0 atom stereocenters. The van der Waals surface area contributed by atoms with E-state index in [2.05, 4.69) is 5.32 Å². The van der Waals surface area contributed by atoms with Gasteiger partial charge in [0.2, 0.25) is 0 Å². The molecule has 0 spiro atoms. The highest BCUT2D eigenvalue weighted by molar-refractivity contribution is 6.33. The number of hydrogen-bond donors (Lipinski definition) is 2. The van der Waals surface area contributed by atoms with E-state index in [9.17, 15) is 9.18 Å². The molecule has 100 valence electrons. The quantitative estimate of drug-likeness (QED) is 0.898. The molecule has 6 heteroatoms. The van der Waals surface area contributed by atoms with Crippen molar-refractivity contribution in [2.45, 2.75) is 13.5 Å². The fraction of sp³-hybridized carbons (Fsp3) is 0.154. The van der Waals surface area contributed by atoms with Crippen molar-refractivity contribution in [1.82, 2.24) is 0 Å². The van der Waals surface area contributed by atoms with Crippen molar-refractivity contribution in [2.75, 3.05) is 5.32 Å². The van der Waals surface area contributed by atoms with E-state index in [4.69, 9.17) is 21.1 Å². The fourth-order valence-corrected chi connectivity index (χ4v) is 1.84. The van der Waals surface area contributed by atoms with Crippen LogP contribution in [-0.4, -0.2) is 11.1 Å². The van der Waals surface area contributed by atoms with E-state index < -0.39 is 11.8 Å². The number of carboxylic acid groups (broad SMARTS) is 1. The molecule has 0 fully saturated rings. The Morgan fingerprint density at radius 2 is 2.21 bits per heavy atom. The van der Waals surface area contributed by atoms with Crippen molar-refractivity contribution < 1.29 is 18.7 Å². The number of halogens is 2. The van der Waals surface area contributed by atoms with E-state index in [1.54, 1.807) is 6.92 Å². The lowest BCUT2D eigenvalue weighted by Gasteiger charge is -2.06. The molecule has 0 aliphatic carbocycles. The van der Waals surface area contributed by atoms with Gasteiger partial charge in [-0.25, -0.2) is 9.18 Å². The lowest BCUT2D eigenvalue weighted by Crippen LogP contribution is -1.99. The van der Waals surface area contributed by atoms with Crippen LogP contribution in [0.4, 0.5) is 10.1 Å². The molecular weight excluding hydrogens is 273 g/mol. The lowest BCUT2D eigenvalue weighted by atomic mass is 10.2. The highest BCUT2D eigenvalue weighted by Crippen LogP contribution is 2.23. The summed E-state index contributed by atoms with van der Waals surface area (Å²) in [5.74, 6) is -0.685. The first kappa shape index (κ1) is 13.4. The third-order valence-electron chi connectivity index (χ3n) is 2.58. The van der Waals surface area contributed by atoms with E-state index >= 15 is 0 Å². The predicted molar refractivity (Wildman–Crippen MR) is 69.1 cm³/mol. The second-order valence-electron chi connectivity index (χ2n) is 3.97. The van der Waals surface area contributed by atoms with E-state index in [0.29, 0.717) is 22.2 Å². The van der Waals surface area contributed by atoms with Gasteiger partial charge in [-0.15, -0.1) is 0 Å². The first-order valence-electron chi connectivity index (χ1n) is 5.49. The first-order chi connectivity index (χ1) is 8.97. The second kappa shape index (κ2) is 5.32. The molecular formula is C13H11ClFNO3. The van der Waals surface area contributed by atoms with Crippen LogP contribution in [-0.2, 0) is 6.54 Å². The molecule has 0 saturated carbocycles. The van der Waals surface area contributed by atoms with Gasteiger partial charge < -0.3 is 14.8 Å². The Bertz CT molecular complexity index is 624. The zero-order valence-electron chi connectivity index (χ0n) is 10.0. The molecule has 2 N–H and O–H groups in total. The summed E-state index contributed by atoms with van der Waals surface area (Å²) in [5.41, 5.74) is 0.537. The van der Waals surface area contributed by atoms with Gasteiger partial charge in [-0.3, -0.25) is 0 Å². The number of furan rings is 1. The van der Waals surface area contributed by atoms with Crippen molar-refractivity contribution in [1.29, 1.82) is 0 Å². The third-order valence-corrected chi connectivity index (χ3v) is 2.91. The second-order valence-corrected chi connectivity index (χ2v) is 4.37. The Kier molecular flexibility index (Phi) is 3.76. The number of benzene rings is 1. The number of anilines is 1. The average Bonchev–Trinajstić information content (AvgIpc) is 2.72. The molecule has 4 nitrogen and oxygen atoms in total. The maximum absolute atomic E-state index is 13.0. The summed E-state index contributed by atoms with van der Waals surface area (Å²) < 4.78 is 18.3. The standard InChI is InChI=1S/C13H11ClFNO3/c1-7-10(13(17)18)5-9(19-7)6-16-12-4-8(15)2-3-11(12)14/h2-5,16H,6H2,1H3,(H,17,18). The van der Waals surface area contributed by atoms with Gasteiger partial charge in [-0.05, 0) is 31.2 Å². The Morgan fingerprint density at radius 1 is 1.47 bits per heavy atom. The van der Waals surface area contributed by atoms with Gasteiger partial charge in [0, 0.05) is 0 Å². The summed E-state index contributed by atoms with van der Waals surface area (Å²) in [6, 6.07) is 5.39. The Balaban J connectivity index is 2.12. The summed E-state index contributed by atoms with van der Waals surface area (Å²) in [7, 11) is 0. The third kappa shape index (κ3) is 3.06. The SMILES string of the molecule is Cc1oc(CNc2cc(F)ccc2Cl)cc1C(=O)O. The molecule has 0 radical (unpaired) electrons. The summed E-state index contributed by atoms with van der Waals surface area (Å²) in [5, 5.41) is 12.2. The predicted octanol–water partition coefficient (Wildman–Crippen LogP) is 3.69. The normalized spacial score (nSPS) is 10.5. The fourth-order valence-electron chi connectivity index (χ4n) is 1.66. The Morgan fingerprint density at radius 3 is 2.84 bits per heavy atom. The number of aromatic carboxylic acids is 1. The number of aryl methyl sites for hydroxylation is 1. The molecule has 2 aromatic rings. The highest BCUT2D eigenvalue weighted by atomic mass is 35.5. The van der Waals surface area contributed by atoms with Crippen molar-refractivity contribution in [3.05, 3.63) is 52.2 Å². The van der Waals surface area contributed by atoms with Crippen LogP contribution in [0.2, 0.25) is 5.02 Å². The molecule has 1 heterocycles. The number of carboxylic acids is 1. The van der Waals surface area contributed by atoms with Gasteiger partial charge >= 0.3 is 5.97 Å². The molecule has 0 aliphatic heterocycles. The summed E-state index contributed by atoms with van der Waals surface area (Å²) >= 11 is 5.90. The zero-order valence-corrected chi connectivity index (χ0v) is 10.8. The van der Waals surface area contributed by atoms with Gasteiger partial charge in [0.15, 0.2) is 0 Å². The smallest absolute Gasteiger partial charge is 0.339 e. The zero-order chi connectivity index (χ0) is 14.0. The minimum Gasteiger partial charge on any atom is -0.478 e. The van der Waals surface area contributed by atoms with Crippen molar-refractivity contribution in [3.8, 4) is 0 Å². The molecule has 0 amide bonds. The summed E-state index contributed by atoms with van der Waals surface area (Å²) in [6.45, 7) is 1.79. The first-order valence-corrected chi connectivity index (χ1v) is 5.86. The van der Waals surface area contributed by atoms with Crippen LogP contribution in [0.1, 0.15) is 21.9 Å². The molecule has 0 bridgehead atoms. The highest BCUT2D eigenvalue weighted by Gasteiger charge is 2.13. The van der Waals surface area contributed by atoms with Crippen molar-refractivity contribution in [3.63, 3.8) is 0 Å². The minimum atomic E-state index is -1.05. The van der Waals surface area contributed by atoms with Gasteiger partial charge in [-0.2, -0.15) is 0 Å². The van der Waals surface area contributed by atoms with Gasteiger partial charge in [0.1, 0.15) is 22.9 Å². The molecule has 0 unspecified atom stereocenters. The van der Waals surface area contributed by atoms with Crippen LogP contribution < -0.4 is 5.32 Å². The molecule has 1 aromatic heterocycles. The van der Waals surface area contributed by atoms with E-state index in [1.807, 2.05) is 0 Å². The molecule has 1 aromatic carbocycles. The van der Waals surface area contributed by atoms with Crippen LogP contribution in [0.3, 0.4) is 0 Å². The number of nitrogens with one attached hydrogen (secondary N) is 1. The van der Waals surface area contributed by atoms with Crippen LogP contribution in [0.5, 0.6) is 0 Å². The van der Waals surface area contributed by atoms with Gasteiger partial charge in [-0.1, -0.05) is 11.6 Å². The van der Waals surface area contributed by atoms with Crippen LogP contribution in [0.15, 0.2) is 28.7 Å². The van der Waals surface area contributed by atoms with Crippen LogP contribution in [0.25, 0.3) is 0 Å². The molecule has 0 saturated heterocycles. The van der Waals surface area contributed by atoms with Crippen molar-refractivity contribution >= 4 is 23.3 Å². The van der Waals surface area contributed by atoms with E-state index in [-0.39, 0.29) is 12.1 Å². The topological polar surface area (TPSA) is 62.5 Å². The van der Waals surface area contributed by atoms with Crippen molar-refractivity contribution in [2.24, 2.45) is 0 Å².